The summed E-state index contributed by atoms with van der Waals surface area (Å²) < 4.78 is 2.00. The van der Waals surface area contributed by atoms with E-state index in [1.54, 1.807) is 6.33 Å². The molecule has 0 aliphatic rings. The number of aromatic nitrogens is 3. The number of rotatable bonds is 8. The van der Waals surface area contributed by atoms with Gasteiger partial charge in [0, 0.05) is 11.4 Å². The number of hydrogen-bond donors (Lipinski definition) is 0. The number of hydrogen-bond acceptors (Lipinski definition) is 3. The van der Waals surface area contributed by atoms with Crippen LogP contribution >= 0.6 is 15.9 Å². The lowest BCUT2D eigenvalue weighted by Gasteiger charge is -2.17. The molecular formula is C12H23BrN4. The first-order valence-electron chi connectivity index (χ1n) is 6.28. The third-order valence-corrected chi connectivity index (χ3v) is 3.28. The Hall–Kier alpha value is -0.420. The van der Waals surface area contributed by atoms with Crippen LogP contribution in [0.1, 0.15) is 45.0 Å². The summed E-state index contributed by atoms with van der Waals surface area (Å²) in [5.41, 5.74) is 0. The van der Waals surface area contributed by atoms with Crippen molar-refractivity contribution in [3.63, 3.8) is 0 Å². The molecule has 1 rings (SSSR count). The van der Waals surface area contributed by atoms with E-state index < -0.39 is 0 Å². The van der Waals surface area contributed by atoms with Gasteiger partial charge in [0.05, 0.1) is 6.54 Å². The third kappa shape index (κ3) is 5.17. The smallest absolute Gasteiger partial charge is 0.141 e. The monoisotopic (exact) mass is 302 g/mol. The van der Waals surface area contributed by atoms with Gasteiger partial charge in [0.1, 0.15) is 12.2 Å². The Labute approximate surface area is 113 Å². The fraction of sp³-hybridized carbons (Fsp3) is 0.833. The van der Waals surface area contributed by atoms with Crippen LogP contribution in [0.2, 0.25) is 0 Å². The number of alkyl halides is 1. The van der Waals surface area contributed by atoms with Gasteiger partial charge in [-0.3, -0.25) is 4.90 Å². The van der Waals surface area contributed by atoms with E-state index in [2.05, 4.69) is 51.8 Å². The van der Waals surface area contributed by atoms with Crippen LogP contribution in [0.15, 0.2) is 6.33 Å². The first-order valence-corrected chi connectivity index (χ1v) is 7.40. The molecule has 0 atom stereocenters. The summed E-state index contributed by atoms with van der Waals surface area (Å²) in [6, 6.07) is 0.384. The van der Waals surface area contributed by atoms with Crippen molar-refractivity contribution in [1.29, 1.82) is 0 Å². The van der Waals surface area contributed by atoms with E-state index >= 15 is 0 Å². The van der Waals surface area contributed by atoms with E-state index in [9.17, 15) is 0 Å². The van der Waals surface area contributed by atoms with E-state index in [-0.39, 0.29) is 0 Å². The van der Waals surface area contributed by atoms with Gasteiger partial charge >= 0.3 is 0 Å². The van der Waals surface area contributed by atoms with Crippen molar-refractivity contribution in [2.75, 3.05) is 18.9 Å². The summed E-state index contributed by atoms with van der Waals surface area (Å²) in [4.78, 5) is 6.64. The summed E-state index contributed by atoms with van der Waals surface area (Å²) in [6.45, 7) is 6.27. The molecular weight excluding hydrogens is 280 g/mol. The van der Waals surface area contributed by atoms with Crippen LogP contribution in [0, 0.1) is 0 Å². The maximum Gasteiger partial charge on any atom is 0.141 e. The quantitative estimate of drug-likeness (QED) is 0.547. The molecule has 0 unspecified atom stereocenters. The normalized spacial score (nSPS) is 11.6. The summed E-state index contributed by atoms with van der Waals surface area (Å²) in [5, 5.41) is 5.36. The van der Waals surface area contributed by atoms with E-state index in [0.717, 1.165) is 24.2 Å². The van der Waals surface area contributed by atoms with Crippen LogP contribution in [0.3, 0.4) is 0 Å². The molecule has 0 fully saturated rings. The Balaban J connectivity index is 2.34. The van der Waals surface area contributed by atoms with Crippen LogP contribution in [0.25, 0.3) is 0 Å². The molecule has 0 spiro atoms. The Morgan fingerprint density at radius 1 is 1.35 bits per heavy atom. The van der Waals surface area contributed by atoms with Gasteiger partial charge in [0.2, 0.25) is 0 Å². The molecule has 1 aromatic heterocycles. The molecule has 0 N–H and O–H groups in total. The van der Waals surface area contributed by atoms with E-state index in [0.29, 0.717) is 6.04 Å². The minimum atomic E-state index is 0.384. The zero-order valence-corrected chi connectivity index (χ0v) is 12.7. The van der Waals surface area contributed by atoms with Gasteiger partial charge < -0.3 is 0 Å². The molecule has 0 aliphatic carbocycles. The lowest BCUT2D eigenvalue weighted by atomic mass is 10.2. The lowest BCUT2D eigenvalue weighted by Crippen LogP contribution is -2.22. The highest BCUT2D eigenvalue weighted by Crippen LogP contribution is 2.08. The second-order valence-corrected chi connectivity index (χ2v) is 5.50. The van der Waals surface area contributed by atoms with Crippen LogP contribution < -0.4 is 0 Å². The first-order chi connectivity index (χ1) is 8.15. The van der Waals surface area contributed by atoms with Gasteiger partial charge in [-0.25, -0.2) is 9.67 Å². The minimum absolute atomic E-state index is 0.384. The Morgan fingerprint density at radius 2 is 2.12 bits per heavy atom. The zero-order chi connectivity index (χ0) is 12.7. The molecule has 1 heterocycles. The summed E-state index contributed by atoms with van der Waals surface area (Å²) in [5.74, 6) is 1.06. The van der Waals surface area contributed by atoms with E-state index in [1.807, 2.05) is 4.68 Å². The van der Waals surface area contributed by atoms with E-state index in [1.165, 1.54) is 19.3 Å². The molecule has 0 saturated heterocycles. The predicted molar refractivity (Wildman–Crippen MR) is 74.4 cm³/mol. The molecule has 0 aromatic carbocycles. The van der Waals surface area contributed by atoms with Gasteiger partial charge in [0.15, 0.2) is 0 Å². The summed E-state index contributed by atoms with van der Waals surface area (Å²) in [6.07, 6.45) is 5.44. The van der Waals surface area contributed by atoms with Gasteiger partial charge in [-0.1, -0.05) is 22.4 Å². The maximum absolute atomic E-state index is 4.32. The largest absolute Gasteiger partial charge is 0.299 e. The molecule has 0 amide bonds. The number of halogens is 1. The molecule has 0 bridgehead atoms. The molecule has 5 heteroatoms. The molecule has 17 heavy (non-hydrogen) atoms. The second kappa shape index (κ2) is 7.82. The fourth-order valence-corrected chi connectivity index (χ4v) is 2.19. The molecule has 98 valence electrons. The first kappa shape index (κ1) is 14.6. The topological polar surface area (TPSA) is 34.0 Å². The maximum atomic E-state index is 4.32. The van der Waals surface area contributed by atoms with Crippen LogP contribution in [-0.2, 0) is 6.54 Å². The van der Waals surface area contributed by atoms with Crippen molar-refractivity contribution in [2.45, 2.75) is 45.7 Å². The molecule has 0 aliphatic heterocycles. The highest BCUT2D eigenvalue weighted by Gasteiger charge is 2.09. The van der Waals surface area contributed by atoms with Gasteiger partial charge in [-0.15, -0.1) is 0 Å². The number of unbranched alkanes of at least 4 members (excludes halogenated alkanes) is 2. The SMILES string of the molecule is CC(C)n1ncnc1CN(C)CCCCCBr. The van der Waals surface area contributed by atoms with Crippen molar-refractivity contribution in [3.8, 4) is 0 Å². The third-order valence-electron chi connectivity index (χ3n) is 2.72. The van der Waals surface area contributed by atoms with Crippen molar-refractivity contribution in [3.05, 3.63) is 12.2 Å². The van der Waals surface area contributed by atoms with E-state index in [4.69, 9.17) is 0 Å². The highest BCUT2D eigenvalue weighted by molar-refractivity contribution is 9.09. The molecule has 1 aromatic rings. The van der Waals surface area contributed by atoms with Crippen LogP contribution in [0.4, 0.5) is 0 Å². The van der Waals surface area contributed by atoms with Crippen molar-refractivity contribution >= 4 is 15.9 Å². The fourth-order valence-electron chi connectivity index (χ4n) is 1.79. The molecule has 0 saturated carbocycles. The average Bonchev–Trinajstić information content (AvgIpc) is 2.72. The Bertz CT molecular complexity index is 311. The zero-order valence-electron chi connectivity index (χ0n) is 11.1. The average molecular weight is 303 g/mol. The van der Waals surface area contributed by atoms with Crippen LogP contribution in [-0.4, -0.2) is 38.6 Å². The highest BCUT2D eigenvalue weighted by atomic mass is 79.9. The Morgan fingerprint density at radius 3 is 2.76 bits per heavy atom. The minimum Gasteiger partial charge on any atom is -0.299 e. The van der Waals surface area contributed by atoms with Crippen molar-refractivity contribution in [1.82, 2.24) is 19.7 Å². The lowest BCUT2D eigenvalue weighted by molar-refractivity contribution is 0.299. The van der Waals surface area contributed by atoms with Crippen molar-refractivity contribution in [2.24, 2.45) is 0 Å². The molecule has 4 nitrogen and oxygen atoms in total. The predicted octanol–water partition coefficient (Wildman–Crippen LogP) is 2.86. The molecule has 0 radical (unpaired) electrons. The van der Waals surface area contributed by atoms with Crippen LogP contribution in [0.5, 0.6) is 0 Å². The number of nitrogens with zero attached hydrogens (tertiary/aromatic N) is 4. The summed E-state index contributed by atoms with van der Waals surface area (Å²) >= 11 is 3.46. The van der Waals surface area contributed by atoms with Gasteiger partial charge in [-0.2, -0.15) is 5.10 Å². The van der Waals surface area contributed by atoms with Crippen molar-refractivity contribution < 1.29 is 0 Å². The van der Waals surface area contributed by atoms with Gasteiger partial charge in [-0.05, 0) is 40.3 Å². The Kier molecular flexibility index (Phi) is 6.73. The second-order valence-electron chi connectivity index (χ2n) is 4.70. The standard InChI is InChI=1S/C12H23BrN4/c1-11(2)17-12(14-10-15-17)9-16(3)8-6-4-5-7-13/h10-11H,4-9H2,1-3H3. The van der Waals surface area contributed by atoms with Gasteiger partial charge in [0.25, 0.3) is 0 Å². The summed E-state index contributed by atoms with van der Waals surface area (Å²) in [7, 11) is 2.15.